The van der Waals surface area contributed by atoms with E-state index in [0.717, 1.165) is 28.4 Å². The summed E-state index contributed by atoms with van der Waals surface area (Å²) in [7, 11) is 0. The molecule has 1 heterocycles. The number of hydrogen-bond acceptors (Lipinski definition) is 2. The van der Waals surface area contributed by atoms with Crippen LogP contribution in [-0.2, 0) is 0 Å². The van der Waals surface area contributed by atoms with Crippen LogP contribution in [0.4, 0.5) is 0 Å². The zero-order valence-electron chi connectivity index (χ0n) is 9.71. The van der Waals surface area contributed by atoms with Crippen LogP contribution in [0.25, 0.3) is 0 Å². The summed E-state index contributed by atoms with van der Waals surface area (Å²) in [5.41, 5.74) is 1.00. The molecule has 0 spiro atoms. The minimum atomic E-state index is 0.745. The molecule has 0 aromatic carbocycles. The maximum Gasteiger partial charge on any atom is 0.136 e. The van der Waals surface area contributed by atoms with Crippen molar-refractivity contribution in [1.29, 1.82) is 0 Å². The van der Waals surface area contributed by atoms with Gasteiger partial charge in [0.2, 0.25) is 0 Å². The smallest absolute Gasteiger partial charge is 0.136 e. The van der Waals surface area contributed by atoms with E-state index in [0.29, 0.717) is 0 Å². The molecule has 3 heteroatoms. The Kier molecular flexibility index (Phi) is 4.22. The van der Waals surface area contributed by atoms with Crippen molar-refractivity contribution in [3.05, 3.63) is 22.4 Å². The van der Waals surface area contributed by atoms with Crippen LogP contribution in [0.2, 0.25) is 0 Å². The maximum atomic E-state index is 5.87. The van der Waals surface area contributed by atoms with E-state index in [1.54, 1.807) is 0 Å². The predicted molar refractivity (Wildman–Crippen MR) is 68.7 cm³/mol. The molecule has 1 aromatic heterocycles. The first-order valence-corrected chi connectivity index (χ1v) is 6.80. The fourth-order valence-electron chi connectivity index (χ4n) is 2.19. The van der Waals surface area contributed by atoms with Crippen molar-refractivity contribution >= 4 is 15.9 Å². The molecule has 0 saturated heterocycles. The highest BCUT2D eigenvalue weighted by molar-refractivity contribution is 9.10. The summed E-state index contributed by atoms with van der Waals surface area (Å²) in [6.07, 6.45) is 8.58. The van der Waals surface area contributed by atoms with E-state index in [-0.39, 0.29) is 0 Å². The summed E-state index contributed by atoms with van der Waals surface area (Å²) in [5, 5.41) is 0. The monoisotopic (exact) mass is 283 g/mol. The lowest BCUT2D eigenvalue weighted by atomic mass is 9.90. The molecule has 0 bridgehead atoms. The van der Waals surface area contributed by atoms with Crippen molar-refractivity contribution in [2.24, 2.45) is 5.92 Å². The fraction of sp³-hybridized carbons (Fsp3) is 0.615. The van der Waals surface area contributed by atoms with Gasteiger partial charge in [0.15, 0.2) is 0 Å². The molecule has 2 nitrogen and oxygen atoms in total. The molecule has 0 atom stereocenters. The van der Waals surface area contributed by atoms with Crippen LogP contribution in [0.3, 0.4) is 0 Å². The van der Waals surface area contributed by atoms with Crippen LogP contribution in [-0.4, -0.2) is 11.6 Å². The second-order valence-electron chi connectivity index (χ2n) is 4.57. The molecule has 2 rings (SSSR count). The lowest BCUT2D eigenvalue weighted by Crippen LogP contribution is -2.15. The number of pyridine rings is 1. The highest BCUT2D eigenvalue weighted by atomic mass is 79.9. The van der Waals surface area contributed by atoms with Crippen LogP contribution in [0.15, 0.2) is 16.7 Å². The quantitative estimate of drug-likeness (QED) is 0.833. The van der Waals surface area contributed by atoms with E-state index in [1.165, 1.54) is 32.1 Å². The van der Waals surface area contributed by atoms with Gasteiger partial charge < -0.3 is 4.74 Å². The van der Waals surface area contributed by atoms with E-state index in [9.17, 15) is 0 Å². The van der Waals surface area contributed by atoms with Crippen molar-refractivity contribution in [2.45, 2.75) is 39.0 Å². The first kappa shape index (κ1) is 11.9. The Balaban J connectivity index is 1.90. The second-order valence-corrected chi connectivity index (χ2v) is 5.43. The third kappa shape index (κ3) is 3.21. The van der Waals surface area contributed by atoms with Gasteiger partial charge in [-0.1, -0.05) is 19.3 Å². The summed E-state index contributed by atoms with van der Waals surface area (Å²) in [5.74, 6) is 1.67. The van der Waals surface area contributed by atoms with E-state index in [2.05, 4.69) is 20.9 Å². The Morgan fingerprint density at radius 3 is 2.88 bits per heavy atom. The number of aromatic nitrogens is 1. The Morgan fingerprint density at radius 2 is 2.12 bits per heavy atom. The van der Waals surface area contributed by atoms with Crippen molar-refractivity contribution in [3.63, 3.8) is 0 Å². The molecule has 16 heavy (non-hydrogen) atoms. The van der Waals surface area contributed by atoms with E-state index < -0.39 is 0 Å². The van der Waals surface area contributed by atoms with Gasteiger partial charge in [0.1, 0.15) is 5.75 Å². The SMILES string of the molecule is Cc1cc(OCC2CCCCC2)c(Br)cn1. The summed E-state index contributed by atoms with van der Waals surface area (Å²) in [4.78, 5) is 4.21. The van der Waals surface area contributed by atoms with Gasteiger partial charge in [-0.3, -0.25) is 4.98 Å². The van der Waals surface area contributed by atoms with Crippen LogP contribution in [0, 0.1) is 12.8 Å². The van der Waals surface area contributed by atoms with Crippen LogP contribution < -0.4 is 4.74 Å². The lowest BCUT2D eigenvalue weighted by Gasteiger charge is -2.22. The van der Waals surface area contributed by atoms with Gasteiger partial charge in [0.25, 0.3) is 0 Å². The van der Waals surface area contributed by atoms with Crippen LogP contribution in [0.1, 0.15) is 37.8 Å². The Morgan fingerprint density at radius 1 is 1.38 bits per heavy atom. The van der Waals surface area contributed by atoms with Crippen molar-refractivity contribution in [1.82, 2.24) is 4.98 Å². The number of rotatable bonds is 3. The molecule has 0 aliphatic heterocycles. The van der Waals surface area contributed by atoms with Crippen molar-refractivity contribution in [3.8, 4) is 5.75 Å². The number of halogens is 1. The predicted octanol–water partition coefficient (Wildman–Crippen LogP) is 4.11. The van der Waals surface area contributed by atoms with Crippen molar-refractivity contribution in [2.75, 3.05) is 6.61 Å². The van der Waals surface area contributed by atoms with Gasteiger partial charge in [0.05, 0.1) is 11.1 Å². The third-order valence-electron chi connectivity index (χ3n) is 3.16. The average molecular weight is 284 g/mol. The number of ether oxygens (including phenoxy) is 1. The normalized spacial score (nSPS) is 17.4. The molecular weight excluding hydrogens is 266 g/mol. The Hall–Kier alpha value is -0.570. The van der Waals surface area contributed by atoms with E-state index >= 15 is 0 Å². The zero-order valence-corrected chi connectivity index (χ0v) is 11.3. The molecule has 0 unspecified atom stereocenters. The first-order valence-electron chi connectivity index (χ1n) is 6.00. The fourth-order valence-corrected chi connectivity index (χ4v) is 2.52. The highest BCUT2D eigenvalue weighted by Gasteiger charge is 2.14. The summed E-state index contributed by atoms with van der Waals surface area (Å²) >= 11 is 3.47. The second kappa shape index (κ2) is 5.67. The summed E-state index contributed by atoms with van der Waals surface area (Å²) in [6.45, 7) is 2.84. The van der Waals surface area contributed by atoms with Gasteiger partial charge in [0, 0.05) is 18.0 Å². The first-order chi connectivity index (χ1) is 7.75. The largest absolute Gasteiger partial charge is 0.492 e. The molecule has 1 aliphatic carbocycles. The number of hydrogen-bond donors (Lipinski definition) is 0. The number of aryl methyl sites for hydroxylation is 1. The third-order valence-corrected chi connectivity index (χ3v) is 3.75. The Bertz CT molecular complexity index is 348. The van der Waals surface area contributed by atoms with Gasteiger partial charge in [-0.25, -0.2) is 0 Å². The molecular formula is C13H18BrNO. The molecule has 0 radical (unpaired) electrons. The van der Waals surface area contributed by atoms with Gasteiger partial charge >= 0.3 is 0 Å². The molecule has 1 fully saturated rings. The summed E-state index contributed by atoms with van der Waals surface area (Å²) in [6, 6.07) is 1.99. The van der Waals surface area contributed by atoms with E-state index in [1.807, 2.05) is 19.2 Å². The van der Waals surface area contributed by atoms with Gasteiger partial charge in [-0.05, 0) is 41.6 Å². The average Bonchev–Trinajstić information content (AvgIpc) is 2.32. The van der Waals surface area contributed by atoms with E-state index in [4.69, 9.17) is 4.74 Å². The van der Waals surface area contributed by atoms with Gasteiger partial charge in [-0.2, -0.15) is 0 Å². The molecule has 88 valence electrons. The van der Waals surface area contributed by atoms with Crippen LogP contribution >= 0.6 is 15.9 Å². The summed E-state index contributed by atoms with van der Waals surface area (Å²) < 4.78 is 6.82. The highest BCUT2D eigenvalue weighted by Crippen LogP contribution is 2.28. The minimum Gasteiger partial charge on any atom is -0.492 e. The molecule has 0 N–H and O–H groups in total. The van der Waals surface area contributed by atoms with Gasteiger partial charge in [-0.15, -0.1) is 0 Å². The molecule has 0 amide bonds. The molecule has 1 saturated carbocycles. The Labute approximate surface area is 106 Å². The maximum absolute atomic E-state index is 5.87. The molecule has 1 aromatic rings. The van der Waals surface area contributed by atoms with Crippen LogP contribution in [0.5, 0.6) is 5.75 Å². The van der Waals surface area contributed by atoms with Crippen molar-refractivity contribution < 1.29 is 4.74 Å². The molecule has 1 aliphatic rings. The number of nitrogens with zero attached hydrogens (tertiary/aromatic N) is 1. The minimum absolute atomic E-state index is 0.745. The lowest BCUT2D eigenvalue weighted by molar-refractivity contribution is 0.207. The standard InChI is InChI=1S/C13H18BrNO/c1-10-7-13(12(14)8-15-10)16-9-11-5-3-2-4-6-11/h7-8,11H,2-6,9H2,1H3. The topological polar surface area (TPSA) is 22.1 Å². The zero-order chi connectivity index (χ0) is 11.4.